The molecule has 2 aliphatic rings. The lowest BCUT2D eigenvalue weighted by molar-refractivity contribution is -0.152. The van der Waals surface area contributed by atoms with Gasteiger partial charge in [0.05, 0.1) is 9.31 Å². The van der Waals surface area contributed by atoms with Gasteiger partial charge < -0.3 is 4.74 Å². The van der Waals surface area contributed by atoms with Crippen molar-refractivity contribution in [2.75, 3.05) is 0 Å². The Morgan fingerprint density at radius 3 is 2.39 bits per heavy atom. The molecule has 0 amide bonds. The van der Waals surface area contributed by atoms with Crippen LogP contribution in [-0.4, -0.2) is 5.97 Å². The van der Waals surface area contributed by atoms with Crippen molar-refractivity contribution in [3.05, 3.63) is 80.8 Å². The van der Waals surface area contributed by atoms with E-state index in [1.807, 2.05) is 12.1 Å². The molecule has 2 nitrogen and oxygen atoms in total. The van der Waals surface area contributed by atoms with Crippen LogP contribution in [-0.2, 0) is 16.0 Å². The monoisotopic (exact) mass is 502 g/mol. The molecule has 28 heavy (non-hydrogen) atoms. The summed E-state index contributed by atoms with van der Waals surface area (Å²) in [6.07, 6.45) is 3.75. The molecule has 0 heterocycles. The Balaban J connectivity index is 1.50. The first-order chi connectivity index (χ1) is 13.4. The lowest BCUT2D eigenvalue weighted by Crippen LogP contribution is -2.14. The quantitative estimate of drug-likeness (QED) is 0.414. The average molecular weight is 504 g/mol. The minimum absolute atomic E-state index is 0.0641. The number of allylic oxidation sites excluding steroid dienone is 1. The van der Waals surface area contributed by atoms with Crippen molar-refractivity contribution in [1.29, 1.82) is 0 Å². The number of rotatable bonds is 5. The van der Waals surface area contributed by atoms with E-state index < -0.39 is 0 Å². The number of esters is 1. The maximum atomic E-state index is 13.0. The van der Waals surface area contributed by atoms with Crippen molar-refractivity contribution in [2.24, 2.45) is 17.3 Å². The molecule has 0 aliphatic heterocycles. The Labute approximate surface area is 183 Å². The largest absolute Gasteiger partial charge is 0.457 e. The van der Waals surface area contributed by atoms with Crippen LogP contribution < -0.4 is 0 Å². The molecule has 4 atom stereocenters. The lowest BCUT2D eigenvalue weighted by Gasteiger charge is -2.15. The van der Waals surface area contributed by atoms with Crippen molar-refractivity contribution in [3.63, 3.8) is 0 Å². The van der Waals surface area contributed by atoms with Crippen molar-refractivity contribution in [1.82, 2.24) is 0 Å². The maximum absolute atomic E-state index is 13.0. The number of carbonyl (C=O) groups is 1. The Morgan fingerprint density at radius 1 is 1.07 bits per heavy atom. The van der Waals surface area contributed by atoms with Crippen LogP contribution in [0.3, 0.4) is 0 Å². The van der Waals surface area contributed by atoms with Gasteiger partial charge in [-0.05, 0) is 78.6 Å². The summed E-state index contributed by atoms with van der Waals surface area (Å²) in [6.45, 7) is 4.26. The topological polar surface area (TPSA) is 26.3 Å². The van der Waals surface area contributed by atoms with Gasteiger partial charge in [-0.15, -0.1) is 0 Å². The van der Waals surface area contributed by atoms with Gasteiger partial charge in [-0.2, -0.15) is 0 Å². The molecule has 1 fully saturated rings. The van der Waals surface area contributed by atoms with E-state index in [-0.39, 0.29) is 29.3 Å². The van der Waals surface area contributed by atoms with E-state index in [0.717, 1.165) is 16.2 Å². The summed E-state index contributed by atoms with van der Waals surface area (Å²) in [6, 6.07) is 19.0. The van der Waals surface area contributed by atoms with E-state index in [0.29, 0.717) is 5.92 Å². The highest BCUT2D eigenvalue weighted by Gasteiger charge is 2.62. The molecule has 0 radical (unpaired) electrons. The van der Waals surface area contributed by atoms with E-state index in [2.05, 4.69) is 94.2 Å². The number of fused-ring (bicyclic) bond motifs is 1. The van der Waals surface area contributed by atoms with Crippen LogP contribution in [0.1, 0.15) is 49.0 Å². The molecule has 4 rings (SSSR count). The first-order valence-corrected chi connectivity index (χ1v) is 11.3. The van der Waals surface area contributed by atoms with Crippen molar-refractivity contribution in [3.8, 4) is 0 Å². The Kier molecular flexibility index (Phi) is 5.54. The summed E-state index contributed by atoms with van der Waals surface area (Å²) in [5.74, 6) is 0.423. The molecule has 0 bridgehead atoms. The van der Waals surface area contributed by atoms with E-state index in [1.54, 1.807) is 0 Å². The van der Waals surface area contributed by atoms with E-state index in [1.165, 1.54) is 16.7 Å². The average Bonchev–Trinajstić information content (AvgIpc) is 3.02. The number of carbonyl (C=O) groups excluding carboxylic acids is 1. The number of hydrogen-bond donors (Lipinski definition) is 0. The number of hydrogen-bond acceptors (Lipinski definition) is 2. The molecule has 0 spiro atoms. The molecular formula is C24H24Br2O2. The second-order valence-electron chi connectivity index (χ2n) is 8.46. The van der Waals surface area contributed by atoms with Gasteiger partial charge in [0, 0.05) is 0 Å². The molecule has 2 aromatic rings. The summed E-state index contributed by atoms with van der Waals surface area (Å²) >= 11 is 6.84. The van der Waals surface area contributed by atoms with Gasteiger partial charge in [0.15, 0.2) is 0 Å². The third kappa shape index (κ3) is 3.86. The fourth-order valence-electron chi connectivity index (χ4n) is 4.68. The standard InChI is InChI=1S/C24H24Br2O2/c1-24(2)19(14-21(25)26)22(24)23(27)28-20-13-16(12-15-8-4-3-5-9-15)17-10-6-7-11-18(17)20/h3-11,14,16,19-20,22H,12-13H2,1-2H3/t16?,19?,20?,22-/m0/s1. The van der Waals surface area contributed by atoms with E-state index in [9.17, 15) is 4.79 Å². The third-order valence-corrected chi connectivity index (χ3v) is 6.86. The van der Waals surface area contributed by atoms with Crippen LogP contribution in [0.4, 0.5) is 0 Å². The van der Waals surface area contributed by atoms with Gasteiger partial charge in [-0.1, -0.05) is 74.5 Å². The molecule has 4 heteroatoms. The van der Waals surface area contributed by atoms with E-state index >= 15 is 0 Å². The smallest absolute Gasteiger partial charge is 0.310 e. The summed E-state index contributed by atoms with van der Waals surface area (Å²) in [5.41, 5.74) is 3.75. The molecule has 0 saturated heterocycles. The van der Waals surface area contributed by atoms with Crippen molar-refractivity contribution >= 4 is 37.8 Å². The zero-order valence-electron chi connectivity index (χ0n) is 16.1. The van der Waals surface area contributed by atoms with Gasteiger partial charge in [0.25, 0.3) is 0 Å². The van der Waals surface area contributed by atoms with Crippen LogP contribution in [0.25, 0.3) is 0 Å². The van der Waals surface area contributed by atoms with Crippen LogP contribution in [0.15, 0.2) is 64.1 Å². The maximum Gasteiger partial charge on any atom is 0.310 e. The van der Waals surface area contributed by atoms with Gasteiger partial charge in [0.2, 0.25) is 0 Å². The zero-order valence-corrected chi connectivity index (χ0v) is 19.2. The minimum Gasteiger partial charge on any atom is -0.457 e. The molecule has 1 saturated carbocycles. The van der Waals surface area contributed by atoms with Crippen LogP contribution >= 0.6 is 31.9 Å². The highest BCUT2D eigenvalue weighted by Crippen LogP contribution is 2.61. The van der Waals surface area contributed by atoms with Gasteiger partial charge in [-0.25, -0.2) is 0 Å². The first-order valence-electron chi connectivity index (χ1n) is 9.74. The second kappa shape index (κ2) is 7.79. The van der Waals surface area contributed by atoms with Crippen LogP contribution in [0, 0.1) is 17.3 Å². The van der Waals surface area contributed by atoms with Gasteiger partial charge in [-0.3, -0.25) is 4.79 Å². The van der Waals surface area contributed by atoms with Crippen molar-refractivity contribution < 1.29 is 9.53 Å². The fraction of sp³-hybridized carbons (Fsp3) is 0.375. The summed E-state index contributed by atoms with van der Waals surface area (Å²) in [5, 5.41) is 0. The SMILES string of the molecule is CC1(C)C(C=C(Br)Br)[C@H]1C(=O)OC1CC(Cc2ccccc2)c2ccccc21. The summed E-state index contributed by atoms with van der Waals surface area (Å²) in [4.78, 5) is 13.0. The third-order valence-electron chi connectivity index (χ3n) is 6.33. The summed E-state index contributed by atoms with van der Waals surface area (Å²) in [7, 11) is 0. The zero-order chi connectivity index (χ0) is 19.9. The van der Waals surface area contributed by atoms with E-state index in [4.69, 9.17) is 4.74 Å². The predicted octanol–water partition coefficient (Wildman–Crippen LogP) is 6.90. The first kappa shape index (κ1) is 19.9. The Hall–Kier alpha value is -1.39. The normalized spacial score (nSPS) is 27.0. The molecular weight excluding hydrogens is 480 g/mol. The predicted molar refractivity (Wildman–Crippen MR) is 119 cm³/mol. The highest BCUT2D eigenvalue weighted by molar-refractivity contribution is 9.28. The highest BCUT2D eigenvalue weighted by atomic mass is 79.9. The number of halogens is 2. The molecule has 2 aromatic carbocycles. The molecule has 0 N–H and O–H groups in total. The Bertz CT molecular complexity index is 900. The Morgan fingerprint density at radius 2 is 1.71 bits per heavy atom. The fourth-order valence-corrected chi connectivity index (χ4v) is 5.25. The van der Waals surface area contributed by atoms with Crippen LogP contribution in [0.5, 0.6) is 0 Å². The van der Waals surface area contributed by atoms with Crippen LogP contribution in [0.2, 0.25) is 0 Å². The molecule has 146 valence electrons. The summed E-state index contributed by atoms with van der Waals surface area (Å²) < 4.78 is 6.97. The second-order valence-corrected chi connectivity index (χ2v) is 11.2. The molecule has 3 unspecified atom stereocenters. The molecule has 2 aliphatic carbocycles. The number of benzene rings is 2. The minimum atomic E-state index is -0.147. The lowest BCUT2D eigenvalue weighted by atomic mass is 9.94. The molecule has 0 aromatic heterocycles. The van der Waals surface area contributed by atoms with Gasteiger partial charge >= 0.3 is 5.97 Å². The van der Waals surface area contributed by atoms with Crippen molar-refractivity contribution in [2.45, 2.75) is 38.7 Å². The van der Waals surface area contributed by atoms with Gasteiger partial charge in [0.1, 0.15) is 6.10 Å². The number of ether oxygens (including phenoxy) is 1.